The van der Waals surface area contributed by atoms with Crippen LogP contribution < -0.4 is 15.2 Å². The first kappa shape index (κ1) is 20.3. The van der Waals surface area contributed by atoms with E-state index in [1.165, 1.54) is 0 Å². The SMILES string of the molecule is CCOc1cc([C@H]2C(C#N)=C(N)N(C)C3=C2C(=O)CCC3)cc(Br)c1OCC. The summed E-state index contributed by atoms with van der Waals surface area (Å²) in [6.07, 6.45) is 2.05. The smallest absolute Gasteiger partial charge is 0.175 e. The molecule has 1 aromatic carbocycles. The number of nitriles is 1. The Morgan fingerprint density at radius 3 is 2.64 bits per heavy atom. The largest absolute Gasteiger partial charge is 0.490 e. The number of halogens is 1. The molecule has 0 radical (unpaired) electrons. The Morgan fingerprint density at radius 1 is 1.29 bits per heavy atom. The van der Waals surface area contributed by atoms with Gasteiger partial charge in [0.15, 0.2) is 17.3 Å². The molecule has 0 aromatic heterocycles. The van der Waals surface area contributed by atoms with E-state index in [9.17, 15) is 10.1 Å². The second kappa shape index (κ2) is 8.27. The van der Waals surface area contributed by atoms with Crippen LogP contribution in [0.25, 0.3) is 0 Å². The zero-order valence-corrected chi connectivity index (χ0v) is 17.9. The van der Waals surface area contributed by atoms with Crippen LogP contribution in [0.15, 0.2) is 39.3 Å². The van der Waals surface area contributed by atoms with Gasteiger partial charge in [-0.2, -0.15) is 5.26 Å². The molecule has 148 valence electrons. The summed E-state index contributed by atoms with van der Waals surface area (Å²) in [5.41, 5.74) is 9.03. The van der Waals surface area contributed by atoms with Crippen molar-refractivity contribution in [1.82, 2.24) is 4.90 Å². The lowest BCUT2D eigenvalue weighted by atomic mass is 9.76. The van der Waals surface area contributed by atoms with Gasteiger partial charge in [-0.05, 0) is 60.3 Å². The number of ketones is 1. The number of allylic oxidation sites excluding steroid dienone is 3. The summed E-state index contributed by atoms with van der Waals surface area (Å²) in [6, 6.07) is 5.98. The molecule has 0 spiro atoms. The molecule has 0 bridgehead atoms. The third-order valence-electron chi connectivity index (χ3n) is 5.12. The maximum absolute atomic E-state index is 12.9. The number of nitrogens with zero attached hydrogens (tertiary/aromatic N) is 2. The Morgan fingerprint density at radius 2 is 2.00 bits per heavy atom. The molecule has 2 N–H and O–H groups in total. The van der Waals surface area contributed by atoms with E-state index >= 15 is 0 Å². The van der Waals surface area contributed by atoms with Gasteiger partial charge in [0.1, 0.15) is 5.82 Å². The van der Waals surface area contributed by atoms with Crippen molar-refractivity contribution in [2.24, 2.45) is 5.73 Å². The molecule has 3 rings (SSSR count). The van der Waals surface area contributed by atoms with Crippen LogP contribution in [0.2, 0.25) is 0 Å². The van der Waals surface area contributed by atoms with Crippen LogP contribution in [-0.4, -0.2) is 30.9 Å². The van der Waals surface area contributed by atoms with Crippen molar-refractivity contribution in [2.45, 2.75) is 39.0 Å². The van der Waals surface area contributed by atoms with E-state index in [0.29, 0.717) is 48.1 Å². The van der Waals surface area contributed by atoms with Crippen molar-refractivity contribution >= 4 is 21.7 Å². The van der Waals surface area contributed by atoms with E-state index in [2.05, 4.69) is 22.0 Å². The number of nitrogens with two attached hydrogens (primary N) is 1. The Hall–Kier alpha value is -2.46. The minimum Gasteiger partial charge on any atom is -0.490 e. The maximum atomic E-state index is 12.9. The fraction of sp³-hybridized carbons (Fsp3) is 0.429. The standard InChI is InChI=1S/C21H24BrN3O3/c1-4-27-17-10-12(9-14(22)20(17)28-5-2)18-13(11-23)21(24)25(3)15-7-6-8-16(26)19(15)18/h9-10,18H,4-8,24H2,1-3H3/t18-/m0/s1. The molecule has 1 aliphatic carbocycles. The quantitative estimate of drug-likeness (QED) is 0.736. The molecule has 0 saturated carbocycles. The van der Waals surface area contributed by atoms with Gasteiger partial charge in [-0.3, -0.25) is 4.79 Å². The number of hydrogen-bond acceptors (Lipinski definition) is 6. The molecule has 2 aliphatic rings. The summed E-state index contributed by atoms with van der Waals surface area (Å²) < 4.78 is 12.2. The topological polar surface area (TPSA) is 88.6 Å². The van der Waals surface area contributed by atoms with Crippen LogP contribution in [-0.2, 0) is 4.79 Å². The van der Waals surface area contributed by atoms with Gasteiger partial charge in [0.2, 0.25) is 0 Å². The van der Waals surface area contributed by atoms with Crippen LogP contribution in [0.5, 0.6) is 11.5 Å². The number of carbonyl (C=O) groups excluding carboxylic acids is 1. The van der Waals surface area contributed by atoms with Crippen LogP contribution in [0.4, 0.5) is 0 Å². The minimum absolute atomic E-state index is 0.0707. The van der Waals surface area contributed by atoms with E-state index in [1.807, 2.05) is 33.0 Å². The number of ether oxygens (including phenoxy) is 2. The fourth-order valence-electron chi connectivity index (χ4n) is 3.90. The van der Waals surface area contributed by atoms with Gasteiger partial charge in [0, 0.05) is 24.7 Å². The first-order valence-electron chi connectivity index (χ1n) is 9.43. The van der Waals surface area contributed by atoms with Gasteiger partial charge in [-0.1, -0.05) is 0 Å². The second-order valence-corrected chi connectivity index (χ2v) is 7.59. The molecule has 1 aliphatic heterocycles. The van der Waals surface area contributed by atoms with Gasteiger partial charge in [0.05, 0.1) is 35.2 Å². The molecule has 28 heavy (non-hydrogen) atoms. The van der Waals surface area contributed by atoms with E-state index < -0.39 is 5.92 Å². The van der Waals surface area contributed by atoms with E-state index in [-0.39, 0.29) is 5.78 Å². The Balaban J connectivity index is 2.23. The first-order chi connectivity index (χ1) is 13.4. The predicted octanol–water partition coefficient (Wildman–Crippen LogP) is 3.98. The van der Waals surface area contributed by atoms with E-state index in [0.717, 1.165) is 28.6 Å². The number of benzene rings is 1. The number of rotatable bonds is 5. The van der Waals surface area contributed by atoms with Crippen molar-refractivity contribution in [3.8, 4) is 17.6 Å². The fourth-order valence-corrected chi connectivity index (χ4v) is 4.47. The number of Topliss-reactive ketones (excluding diaryl/α,β-unsaturated/α-hetero) is 1. The van der Waals surface area contributed by atoms with Crippen LogP contribution >= 0.6 is 15.9 Å². The van der Waals surface area contributed by atoms with Crippen LogP contribution in [0.1, 0.15) is 44.6 Å². The molecular formula is C21H24BrN3O3. The highest BCUT2D eigenvalue weighted by Crippen LogP contribution is 2.47. The zero-order valence-electron chi connectivity index (χ0n) is 16.3. The third-order valence-corrected chi connectivity index (χ3v) is 5.71. The van der Waals surface area contributed by atoms with Crippen molar-refractivity contribution in [3.63, 3.8) is 0 Å². The highest BCUT2D eigenvalue weighted by atomic mass is 79.9. The number of carbonyl (C=O) groups is 1. The normalized spacial score (nSPS) is 19.5. The summed E-state index contributed by atoms with van der Waals surface area (Å²) in [6.45, 7) is 4.77. The molecule has 0 saturated heterocycles. The van der Waals surface area contributed by atoms with Crippen LogP contribution in [0, 0.1) is 11.3 Å². The lowest BCUT2D eigenvalue weighted by Crippen LogP contribution is -2.36. The second-order valence-electron chi connectivity index (χ2n) is 6.74. The Bertz CT molecular complexity index is 914. The summed E-state index contributed by atoms with van der Waals surface area (Å²) in [5, 5.41) is 9.85. The zero-order chi connectivity index (χ0) is 20.4. The summed E-state index contributed by atoms with van der Waals surface area (Å²) in [5.74, 6) is 1.15. The third kappa shape index (κ3) is 3.37. The highest BCUT2D eigenvalue weighted by molar-refractivity contribution is 9.10. The molecule has 6 nitrogen and oxygen atoms in total. The van der Waals surface area contributed by atoms with Gasteiger partial charge >= 0.3 is 0 Å². The van der Waals surface area contributed by atoms with Gasteiger partial charge in [-0.15, -0.1) is 0 Å². The van der Waals surface area contributed by atoms with Crippen molar-refractivity contribution < 1.29 is 14.3 Å². The molecule has 1 atom stereocenters. The molecule has 1 aromatic rings. The molecule has 0 unspecified atom stereocenters. The monoisotopic (exact) mass is 445 g/mol. The maximum Gasteiger partial charge on any atom is 0.175 e. The average Bonchev–Trinajstić information content (AvgIpc) is 2.67. The van der Waals surface area contributed by atoms with E-state index in [4.69, 9.17) is 15.2 Å². The van der Waals surface area contributed by atoms with Gasteiger partial charge in [0.25, 0.3) is 0 Å². The summed E-state index contributed by atoms with van der Waals surface area (Å²) in [7, 11) is 1.82. The average molecular weight is 446 g/mol. The minimum atomic E-state index is -0.504. The first-order valence-corrected chi connectivity index (χ1v) is 10.2. The lowest BCUT2D eigenvalue weighted by molar-refractivity contribution is -0.116. The van der Waals surface area contributed by atoms with E-state index in [1.54, 1.807) is 4.90 Å². The number of hydrogen-bond donors (Lipinski definition) is 1. The van der Waals surface area contributed by atoms with Gasteiger partial charge in [-0.25, -0.2) is 0 Å². The Kier molecular flexibility index (Phi) is 5.99. The molecule has 1 heterocycles. The van der Waals surface area contributed by atoms with Crippen molar-refractivity contribution in [3.05, 3.63) is 44.8 Å². The molecule has 0 fully saturated rings. The Labute approximate surface area is 173 Å². The lowest BCUT2D eigenvalue weighted by Gasteiger charge is -2.37. The molecule has 0 amide bonds. The predicted molar refractivity (Wildman–Crippen MR) is 110 cm³/mol. The van der Waals surface area contributed by atoms with Gasteiger partial charge < -0.3 is 20.1 Å². The molecular weight excluding hydrogens is 422 g/mol. The summed E-state index contributed by atoms with van der Waals surface area (Å²) >= 11 is 3.56. The van der Waals surface area contributed by atoms with Crippen molar-refractivity contribution in [1.29, 1.82) is 5.26 Å². The summed E-state index contributed by atoms with van der Waals surface area (Å²) in [4.78, 5) is 14.7. The van der Waals surface area contributed by atoms with Crippen molar-refractivity contribution in [2.75, 3.05) is 20.3 Å². The van der Waals surface area contributed by atoms with Crippen LogP contribution in [0.3, 0.4) is 0 Å². The highest BCUT2D eigenvalue weighted by Gasteiger charge is 2.39. The molecule has 7 heteroatoms.